The first-order chi connectivity index (χ1) is 10.6. The molecule has 0 saturated heterocycles. The number of nitrogens with zero attached hydrogens (tertiary/aromatic N) is 2. The molecular formula is C17H21FN2O2S. The molecule has 1 aromatic rings. The molecule has 0 aromatic heterocycles. The largest absolute Gasteiger partial charge is 0.465 e. The van der Waals surface area contributed by atoms with E-state index in [-0.39, 0.29) is 5.82 Å². The van der Waals surface area contributed by atoms with Gasteiger partial charge in [0.2, 0.25) is 0 Å². The van der Waals surface area contributed by atoms with Crippen LogP contribution in [0.15, 0.2) is 34.7 Å². The lowest BCUT2D eigenvalue weighted by atomic mass is 9.91. The van der Waals surface area contributed by atoms with Crippen molar-refractivity contribution in [1.82, 2.24) is 4.90 Å². The Morgan fingerprint density at radius 1 is 1.39 bits per heavy atom. The van der Waals surface area contributed by atoms with Gasteiger partial charge in [-0.15, -0.1) is 0 Å². The van der Waals surface area contributed by atoms with Crippen LogP contribution in [0.4, 0.5) is 9.18 Å². The van der Waals surface area contributed by atoms with E-state index in [1.54, 1.807) is 64.3 Å². The molecule has 0 spiro atoms. The molecule has 1 atom stereocenters. The molecule has 0 radical (unpaired) electrons. The minimum absolute atomic E-state index is 0.313. The third-order valence-electron chi connectivity index (χ3n) is 3.68. The molecule has 0 bridgehead atoms. The van der Waals surface area contributed by atoms with E-state index in [0.717, 1.165) is 0 Å². The number of aryl methyl sites for hydroxylation is 1. The number of benzene rings is 1. The summed E-state index contributed by atoms with van der Waals surface area (Å²) in [5.41, 5.74) is -0.603. The zero-order valence-electron chi connectivity index (χ0n) is 13.9. The zero-order chi connectivity index (χ0) is 17.4. The number of rotatable bonds is 1. The molecule has 1 N–H and O–H groups in total. The number of hydrogen-bond donors (Lipinski definition) is 1. The molecule has 124 valence electrons. The maximum absolute atomic E-state index is 14.5. The smallest absolute Gasteiger partial charge is 0.413 e. The minimum Gasteiger partial charge on any atom is -0.465 e. The van der Waals surface area contributed by atoms with Crippen LogP contribution in [0.2, 0.25) is 0 Å². The van der Waals surface area contributed by atoms with E-state index < -0.39 is 17.2 Å². The van der Waals surface area contributed by atoms with Gasteiger partial charge >= 0.3 is 6.09 Å². The second-order valence-corrected chi connectivity index (χ2v) is 7.56. The summed E-state index contributed by atoms with van der Waals surface area (Å²) in [5.74, 6) is -0.313. The van der Waals surface area contributed by atoms with Crippen LogP contribution in [0.1, 0.15) is 38.8 Å². The number of amidine groups is 1. The van der Waals surface area contributed by atoms with Crippen molar-refractivity contribution in [3.05, 3.63) is 46.6 Å². The van der Waals surface area contributed by atoms with E-state index in [9.17, 15) is 14.3 Å². The third-order valence-corrected chi connectivity index (χ3v) is 4.44. The average molecular weight is 336 g/mol. The van der Waals surface area contributed by atoms with Crippen molar-refractivity contribution in [3.8, 4) is 0 Å². The number of amides is 1. The number of aliphatic imine (C=N–C) groups is 1. The summed E-state index contributed by atoms with van der Waals surface area (Å²) in [6, 6.07) is 5.17. The molecule has 1 heterocycles. The van der Waals surface area contributed by atoms with Gasteiger partial charge < -0.3 is 5.11 Å². The fraction of sp³-hybridized carbons (Fsp3) is 0.412. The number of carboxylic acid groups (broad SMARTS) is 1. The molecule has 4 nitrogen and oxygen atoms in total. The molecule has 6 heteroatoms. The highest BCUT2D eigenvalue weighted by atomic mass is 32.2. The normalized spacial score (nSPS) is 21.0. The van der Waals surface area contributed by atoms with Gasteiger partial charge in [-0.1, -0.05) is 30.0 Å². The lowest BCUT2D eigenvalue weighted by Crippen LogP contribution is -2.48. The molecular weight excluding hydrogens is 315 g/mol. The highest BCUT2D eigenvalue weighted by molar-refractivity contribution is 8.16. The van der Waals surface area contributed by atoms with Gasteiger partial charge in [0.25, 0.3) is 0 Å². The van der Waals surface area contributed by atoms with E-state index in [2.05, 4.69) is 4.99 Å². The standard InChI is InChI=1S/C17H21FN2O2S/c1-11-7-6-8-12(13(11)18)17(5)9-10-23-14(19-17)20(15(21)22)16(2,3)4/h6-10H,1-5H3,(H,21,22)/t17-/m0/s1. The van der Waals surface area contributed by atoms with E-state index in [1.807, 2.05) is 0 Å². The first kappa shape index (κ1) is 17.5. The quantitative estimate of drug-likeness (QED) is 0.805. The lowest BCUT2D eigenvalue weighted by Gasteiger charge is -2.36. The van der Waals surface area contributed by atoms with Gasteiger partial charge in [-0.2, -0.15) is 0 Å². The Bertz CT molecular complexity index is 694. The number of thioether (sulfide) groups is 1. The molecule has 23 heavy (non-hydrogen) atoms. The topological polar surface area (TPSA) is 52.9 Å². The van der Waals surface area contributed by atoms with Gasteiger partial charge in [0.05, 0.1) is 0 Å². The van der Waals surface area contributed by atoms with Crippen LogP contribution in [0.25, 0.3) is 0 Å². The Morgan fingerprint density at radius 2 is 2.04 bits per heavy atom. The summed E-state index contributed by atoms with van der Waals surface area (Å²) in [6.07, 6.45) is 0.716. The Hall–Kier alpha value is -1.82. The van der Waals surface area contributed by atoms with Gasteiger partial charge in [-0.3, -0.25) is 4.90 Å². The van der Waals surface area contributed by atoms with Gasteiger partial charge in [-0.25, -0.2) is 14.2 Å². The average Bonchev–Trinajstić information content (AvgIpc) is 2.39. The Labute approximate surface area is 140 Å². The molecule has 1 amide bonds. The molecule has 2 rings (SSSR count). The SMILES string of the molecule is Cc1cccc([C@]2(C)C=CSC(N(C(=O)O)C(C)(C)C)=N2)c1F. The second kappa shape index (κ2) is 6.00. The second-order valence-electron chi connectivity index (χ2n) is 6.69. The van der Waals surface area contributed by atoms with Crippen molar-refractivity contribution in [3.63, 3.8) is 0 Å². The van der Waals surface area contributed by atoms with Crippen molar-refractivity contribution >= 4 is 23.0 Å². The maximum Gasteiger partial charge on any atom is 0.413 e. The van der Waals surface area contributed by atoms with Crippen molar-refractivity contribution in [2.24, 2.45) is 4.99 Å². The fourth-order valence-electron chi connectivity index (χ4n) is 2.44. The Balaban J connectivity index is 2.54. The van der Waals surface area contributed by atoms with E-state index >= 15 is 0 Å². The van der Waals surface area contributed by atoms with Crippen LogP contribution in [0.5, 0.6) is 0 Å². The van der Waals surface area contributed by atoms with Crippen molar-refractivity contribution in [2.45, 2.75) is 45.7 Å². The van der Waals surface area contributed by atoms with Crippen molar-refractivity contribution < 1.29 is 14.3 Å². The van der Waals surface area contributed by atoms with Crippen LogP contribution in [-0.2, 0) is 5.54 Å². The van der Waals surface area contributed by atoms with Crippen LogP contribution < -0.4 is 0 Å². The first-order valence-corrected chi connectivity index (χ1v) is 8.17. The fourth-order valence-corrected chi connectivity index (χ4v) is 3.59. The zero-order valence-corrected chi connectivity index (χ0v) is 14.7. The maximum atomic E-state index is 14.5. The number of hydrogen-bond acceptors (Lipinski definition) is 3. The van der Waals surface area contributed by atoms with E-state index in [0.29, 0.717) is 16.3 Å². The monoisotopic (exact) mass is 336 g/mol. The summed E-state index contributed by atoms with van der Waals surface area (Å²) in [7, 11) is 0. The van der Waals surface area contributed by atoms with Gasteiger partial charge in [0, 0.05) is 11.1 Å². The molecule has 0 aliphatic carbocycles. The van der Waals surface area contributed by atoms with Crippen molar-refractivity contribution in [2.75, 3.05) is 0 Å². The predicted molar refractivity (Wildman–Crippen MR) is 92.3 cm³/mol. The summed E-state index contributed by atoms with van der Waals surface area (Å²) >= 11 is 1.23. The van der Waals surface area contributed by atoms with Crippen LogP contribution in [0.3, 0.4) is 0 Å². The first-order valence-electron chi connectivity index (χ1n) is 7.29. The minimum atomic E-state index is -1.08. The Morgan fingerprint density at radius 3 is 2.61 bits per heavy atom. The third kappa shape index (κ3) is 3.42. The summed E-state index contributed by atoms with van der Waals surface area (Å²) in [5, 5.41) is 11.6. The summed E-state index contributed by atoms with van der Waals surface area (Å²) in [4.78, 5) is 17.4. The molecule has 0 unspecified atom stereocenters. The van der Waals surface area contributed by atoms with Crippen molar-refractivity contribution in [1.29, 1.82) is 0 Å². The molecule has 1 aliphatic rings. The highest BCUT2D eigenvalue weighted by Gasteiger charge is 2.36. The van der Waals surface area contributed by atoms with Crippen LogP contribution in [0, 0.1) is 12.7 Å². The van der Waals surface area contributed by atoms with E-state index in [4.69, 9.17) is 0 Å². The van der Waals surface area contributed by atoms with Gasteiger partial charge in [0.15, 0.2) is 5.17 Å². The predicted octanol–water partition coefficient (Wildman–Crippen LogP) is 4.74. The Kier molecular flexibility index (Phi) is 4.57. The number of carbonyl (C=O) groups is 1. The van der Waals surface area contributed by atoms with Gasteiger partial charge in [0.1, 0.15) is 11.4 Å². The van der Waals surface area contributed by atoms with Crippen LogP contribution in [-0.4, -0.2) is 26.8 Å². The van der Waals surface area contributed by atoms with Crippen LogP contribution >= 0.6 is 11.8 Å². The van der Waals surface area contributed by atoms with Gasteiger partial charge in [-0.05, 0) is 51.7 Å². The lowest BCUT2D eigenvalue weighted by molar-refractivity contribution is 0.142. The molecule has 0 saturated carbocycles. The summed E-state index contributed by atoms with van der Waals surface area (Å²) in [6.45, 7) is 8.88. The molecule has 1 aliphatic heterocycles. The molecule has 0 fully saturated rings. The highest BCUT2D eigenvalue weighted by Crippen LogP contribution is 2.37. The molecule has 1 aromatic carbocycles. The number of halogens is 1. The summed E-state index contributed by atoms with van der Waals surface area (Å²) < 4.78 is 14.5. The van der Waals surface area contributed by atoms with E-state index in [1.165, 1.54) is 16.7 Å².